The Labute approximate surface area is 143 Å². The van der Waals surface area contributed by atoms with Crippen LogP contribution in [0.25, 0.3) is 6.08 Å². The van der Waals surface area contributed by atoms with Crippen molar-refractivity contribution in [2.75, 3.05) is 13.1 Å². The molecule has 118 valence electrons. The van der Waals surface area contributed by atoms with Crippen LogP contribution in [0.15, 0.2) is 22.8 Å². The van der Waals surface area contributed by atoms with E-state index in [1.165, 1.54) is 72.9 Å². The van der Waals surface area contributed by atoms with Crippen molar-refractivity contribution in [1.29, 1.82) is 0 Å². The average Bonchev–Trinajstić information content (AvgIpc) is 2.88. The molecule has 1 nitrogen and oxygen atoms in total. The van der Waals surface area contributed by atoms with Crippen molar-refractivity contribution < 1.29 is 0 Å². The van der Waals surface area contributed by atoms with Gasteiger partial charge in [-0.15, -0.1) is 0 Å². The van der Waals surface area contributed by atoms with Crippen LogP contribution in [0.1, 0.15) is 56.6 Å². The van der Waals surface area contributed by atoms with Crippen molar-refractivity contribution in [3.63, 3.8) is 0 Å². The van der Waals surface area contributed by atoms with E-state index in [1.807, 2.05) is 0 Å². The van der Waals surface area contributed by atoms with Crippen LogP contribution in [0.2, 0.25) is 0 Å². The molecule has 3 aliphatic carbocycles. The molecular weight excluding hydrogens is 334 g/mol. The van der Waals surface area contributed by atoms with Gasteiger partial charge in [0.1, 0.15) is 11.9 Å². The molecular formula is C20H27BrN+. The summed E-state index contributed by atoms with van der Waals surface area (Å²) in [5.74, 6) is 1.05. The summed E-state index contributed by atoms with van der Waals surface area (Å²) in [4.78, 5) is 0. The van der Waals surface area contributed by atoms with Gasteiger partial charge in [-0.1, -0.05) is 15.9 Å². The topological polar surface area (TPSA) is 0 Å². The lowest BCUT2D eigenvalue weighted by molar-refractivity contribution is 0.0421. The summed E-state index contributed by atoms with van der Waals surface area (Å²) in [7, 11) is 0. The number of hydrogen-bond acceptors (Lipinski definition) is 0. The van der Waals surface area contributed by atoms with E-state index in [4.69, 9.17) is 0 Å². The van der Waals surface area contributed by atoms with Crippen LogP contribution in [0.3, 0.4) is 0 Å². The van der Waals surface area contributed by atoms with Crippen LogP contribution >= 0.6 is 15.9 Å². The van der Waals surface area contributed by atoms with E-state index < -0.39 is 0 Å². The fourth-order valence-electron chi connectivity index (χ4n) is 5.32. The van der Waals surface area contributed by atoms with Gasteiger partial charge in [0.15, 0.2) is 0 Å². The molecule has 0 N–H and O–H groups in total. The lowest BCUT2D eigenvalue weighted by Gasteiger charge is -2.49. The zero-order chi connectivity index (χ0) is 15.4. The normalized spacial score (nSPS) is 35.9. The Morgan fingerprint density at radius 2 is 1.86 bits per heavy atom. The molecule has 3 saturated carbocycles. The number of quaternary nitrogens is 1. The highest BCUT2D eigenvalue weighted by molar-refractivity contribution is 9.10. The first-order chi connectivity index (χ1) is 10.6. The molecule has 1 atom stereocenters. The maximum Gasteiger partial charge on any atom is 0.146 e. The van der Waals surface area contributed by atoms with E-state index >= 15 is 0 Å². The molecule has 0 radical (unpaired) electrons. The second-order valence-electron chi connectivity index (χ2n) is 7.96. The van der Waals surface area contributed by atoms with Gasteiger partial charge in [0.25, 0.3) is 0 Å². The minimum Gasteiger partial charge on any atom is -0.264 e. The Morgan fingerprint density at radius 3 is 2.50 bits per heavy atom. The van der Waals surface area contributed by atoms with Crippen molar-refractivity contribution in [1.82, 2.24) is 4.48 Å². The van der Waals surface area contributed by atoms with Gasteiger partial charge in [0, 0.05) is 27.6 Å². The molecule has 1 aliphatic heterocycles. The first kappa shape index (κ1) is 15.0. The molecule has 4 aliphatic rings. The third kappa shape index (κ3) is 2.22. The van der Waals surface area contributed by atoms with E-state index in [1.54, 1.807) is 0 Å². The van der Waals surface area contributed by atoms with Gasteiger partial charge >= 0.3 is 0 Å². The molecule has 1 heterocycles. The highest BCUT2D eigenvalue weighted by Crippen LogP contribution is 2.53. The first-order valence-electron chi connectivity index (χ1n) is 8.93. The summed E-state index contributed by atoms with van der Waals surface area (Å²) >= 11 is 3.72. The van der Waals surface area contributed by atoms with Gasteiger partial charge in [-0.05, 0) is 69.9 Å². The van der Waals surface area contributed by atoms with Crippen molar-refractivity contribution in [2.24, 2.45) is 11.3 Å². The third-order valence-electron chi connectivity index (χ3n) is 6.77. The number of rotatable bonds is 3. The fourth-order valence-corrected chi connectivity index (χ4v) is 5.88. The highest BCUT2D eigenvalue weighted by Gasteiger charge is 2.48. The second kappa shape index (κ2) is 5.21. The lowest BCUT2D eigenvalue weighted by atomic mass is 9.60. The number of fused-ring (bicyclic) bond motifs is 4. The summed E-state index contributed by atoms with van der Waals surface area (Å²) in [5, 5.41) is 0. The predicted octanol–water partition coefficient (Wildman–Crippen LogP) is 6.04. The van der Waals surface area contributed by atoms with E-state index in [9.17, 15) is 0 Å². The molecule has 0 spiro atoms. The van der Waals surface area contributed by atoms with Crippen LogP contribution in [-0.2, 0) is 0 Å². The van der Waals surface area contributed by atoms with Gasteiger partial charge in [0.2, 0.25) is 0 Å². The Morgan fingerprint density at radius 1 is 1.18 bits per heavy atom. The summed E-state index contributed by atoms with van der Waals surface area (Å²) in [6.07, 6.45) is 13.7. The minimum absolute atomic E-state index is 0.604. The molecule has 0 saturated heterocycles. The molecule has 0 amide bonds. The smallest absolute Gasteiger partial charge is 0.146 e. The molecule has 2 bridgehead atoms. The maximum absolute atomic E-state index is 3.72. The summed E-state index contributed by atoms with van der Waals surface area (Å²) in [6, 6.07) is 4.62. The maximum atomic E-state index is 3.72. The van der Waals surface area contributed by atoms with Gasteiger partial charge in [-0.2, -0.15) is 0 Å². The monoisotopic (exact) mass is 360 g/mol. The Hall–Kier alpha value is -0.600. The second-order valence-corrected chi connectivity index (χ2v) is 8.88. The van der Waals surface area contributed by atoms with Gasteiger partial charge < -0.3 is 0 Å². The van der Waals surface area contributed by atoms with E-state index in [0.717, 1.165) is 10.4 Å². The number of benzene rings is 1. The predicted molar refractivity (Wildman–Crippen MR) is 98.7 cm³/mol. The van der Waals surface area contributed by atoms with Gasteiger partial charge in [-0.3, -0.25) is 4.48 Å². The summed E-state index contributed by atoms with van der Waals surface area (Å²) in [5.41, 5.74) is 4.99. The average molecular weight is 361 g/mol. The van der Waals surface area contributed by atoms with Crippen LogP contribution in [0.4, 0.5) is 5.69 Å². The summed E-state index contributed by atoms with van der Waals surface area (Å²) in [6.45, 7) is 7.09. The molecule has 5 rings (SSSR count). The lowest BCUT2D eigenvalue weighted by Crippen LogP contribution is -2.53. The molecule has 2 heteroatoms. The molecule has 3 fully saturated rings. The Balaban J connectivity index is 1.73. The highest BCUT2D eigenvalue weighted by atomic mass is 79.9. The molecule has 22 heavy (non-hydrogen) atoms. The summed E-state index contributed by atoms with van der Waals surface area (Å²) < 4.78 is 2.30. The van der Waals surface area contributed by atoms with E-state index in [2.05, 4.69) is 54.2 Å². The van der Waals surface area contributed by atoms with Crippen molar-refractivity contribution >= 4 is 27.7 Å². The van der Waals surface area contributed by atoms with Crippen molar-refractivity contribution in [3.8, 4) is 0 Å². The van der Waals surface area contributed by atoms with Crippen LogP contribution in [0.5, 0.6) is 0 Å². The quantitative estimate of drug-likeness (QED) is 0.576. The van der Waals surface area contributed by atoms with E-state index in [-0.39, 0.29) is 0 Å². The molecule has 1 aromatic carbocycles. The zero-order valence-electron chi connectivity index (χ0n) is 13.9. The zero-order valence-corrected chi connectivity index (χ0v) is 15.5. The minimum atomic E-state index is 0.604. The Bertz CT molecular complexity index is 611. The van der Waals surface area contributed by atoms with Gasteiger partial charge in [-0.25, -0.2) is 0 Å². The number of nitrogens with zero attached hydrogens (tertiary/aromatic N) is 1. The molecule has 1 unspecified atom stereocenters. The standard InChI is InChI=1S/C20H27BrN/c1-3-22(14-20-8-4-16(5-9-20)6-10-20)11-7-18-15(2)12-17(21)13-19(18)22/h7,11-13,16H,3-6,8-10,14H2,1-2H3/q+1. The van der Waals surface area contributed by atoms with Crippen LogP contribution in [-0.4, -0.2) is 13.1 Å². The van der Waals surface area contributed by atoms with Crippen molar-refractivity contribution in [2.45, 2.75) is 52.4 Å². The van der Waals surface area contributed by atoms with Crippen molar-refractivity contribution in [3.05, 3.63) is 33.9 Å². The SMILES string of the molecule is CC[N+]1(CC23CCC(CC2)CC3)C=Cc2c(C)cc(Br)cc21. The first-order valence-corrected chi connectivity index (χ1v) is 9.72. The fraction of sp³-hybridized carbons (Fsp3) is 0.600. The number of aryl methyl sites for hydroxylation is 1. The Kier molecular flexibility index (Phi) is 3.54. The van der Waals surface area contributed by atoms with Crippen LogP contribution in [0, 0.1) is 18.3 Å². The molecule has 1 aromatic rings. The third-order valence-corrected chi connectivity index (χ3v) is 7.22. The largest absolute Gasteiger partial charge is 0.264 e. The molecule has 0 aromatic heterocycles. The van der Waals surface area contributed by atoms with E-state index in [0.29, 0.717) is 5.41 Å². The van der Waals surface area contributed by atoms with Crippen LogP contribution < -0.4 is 4.48 Å². The van der Waals surface area contributed by atoms with Gasteiger partial charge in [0.05, 0.1) is 13.1 Å². The number of halogens is 1. The number of hydrogen-bond donors (Lipinski definition) is 0.